The summed E-state index contributed by atoms with van der Waals surface area (Å²) in [5, 5.41) is 4.11. The Kier molecular flexibility index (Phi) is 7.79. The molecule has 0 aliphatic carbocycles. The molecule has 0 saturated carbocycles. The van der Waals surface area contributed by atoms with Gasteiger partial charge in [0.05, 0.1) is 0 Å². The van der Waals surface area contributed by atoms with Gasteiger partial charge in [0.25, 0.3) is 0 Å². The van der Waals surface area contributed by atoms with E-state index in [1.807, 2.05) is 29.2 Å². The van der Waals surface area contributed by atoms with Crippen molar-refractivity contribution in [2.45, 2.75) is 39.3 Å². The van der Waals surface area contributed by atoms with Crippen molar-refractivity contribution in [3.8, 4) is 0 Å². The van der Waals surface area contributed by atoms with Crippen LogP contribution in [0.3, 0.4) is 0 Å². The van der Waals surface area contributed by atoms with Gasteiger partial charge >= 0.3 is 0 Å². The number of anilines is 2. The number of nitrogens with zero attached hydrogens (tertiary/aromatic N) is 8. The van der Waals surface area contributed by atoms with Gasteiger partial charge in [-0.15, -0.1) is 0 Å². The molecule has 0 N–H and O–H groups in total. The lowest BCUT2D eigenvalue weighted by atomic mass is 10.1. The SMILES string of the molecule is CC(=O)N1CCCN(c2ncccn2)CCN(C(=O)CCCn2cncn2)Cc2ccccc21. The van der Waals surface area contributed by atoms with E-state index in [-0.39, 0.29) is 11.8 Å². The van der Waals surface area contributed by atoms with Crippen LogP contribution in [-0.4, -0.2) is 67.6 Å². The van der Waals surface area contributed by atoms with Gasteiger partial charge in [-0.05, 0) is 30.5 Å². The van der Waals surface area contributed by atoms with E-state index in [1.165, 1.54) is 6.33 Å². The first kappa shape index (κ1) is 23.3. The van der Waals surface area contributed by atoms with E-state index in [0.29, 0.717) is 58.1 Å². The van der Waals surface area contributed by atoms with E-state index in [9.17, 15) is 9.59 Å². The molecule has 3 heterocycles. The molecule has 0 atom stereocenters. The first-order valence-electron chi connectivity index (χ1n) is 11.6. The first-order chi connectivity index (χ1) is 16.6. The average molecular weight is 463 g/mol. The van der Waals surface area contributed by atoms with Crippen molar-refractivity contribution in [3.63, 3.8) is 0 Å². The molecule has 2 amide bonds. The van der Waals surface area contributed by atoms with Crippen LogP contribution in [0.5, 0.6) is 0 Å². The summed E-state index contributed by atoms with van der Waals surface area (Å²) in [6.45, 7) is 5.08. The molecule has 3 aromatic rings. The molecule has 178 valence electrons. The second kappa shape index (κ2) is 11.4. The fourth-order valence-electron chi connectivity index (χ4n) is 4.18. The molecule has 1 aliphatic heterocycles. The Labute approximate surface area is 199 Å². The molecule has 10 nitrogen and oxygen atoms in total. The Bertz CT molecular complexity index is 1070. The first-order valence-corrected chi connectivity index (χ1v) is 11.6. The molecule has 0 unspecified atom stereocenters. The normalized spacial score (nSPS) is 14.9. The summed E-state index contributed by atoms with van der Waals surface area (Å²) in [6, 6.07) is 9.63. The zero-order chi connectivity index (χ0) is 23.8. The predicted octanol–water partition coefficient (Wildman–Crippen LogP) is 2.14. The third-order valence-corrected chi connectivity index (χ3v) is 5.91. The van der Waals surface area contributed by atoms with Gasteiger partial charge in [0, 0.05) is 70.7 Å². The monoisotopic (exact) mass is 462 g/mol. The van der Waals surface area contributed by atoms with Crippen LogP contribution in [0.25, 0.3) is 0 Å². The lowest BCUT2D eigenvalue weighted by Gasteiger charge is -2.28. The molecule has 0 bridgehead atoms. The summed E-state index contributed by atoms with van der Waals surface area (Å²) >= 11 is 0. The fourth-order valence-corrected chi connectivity index (χ4v) is 4.18. The van der Waals surface area contributed by atoms with Gasteiger partial charge in [0.1, 0.15) is 12.7 Å². The number of rotatable bonds is 5. The van der Waals surface area contributed by atoms with Gasteiger partial charge in [0.2, 0.25) is 17.8 Å². The number of hydrogen-bond donors (Lipinski definition) is 0. The number of hydrogen-bond acceptors (Lipinski definition) is 7. The highest BCUT2D eigenvalue weighted by Crippen LogP contribution is 2.24. The Morgan fingerprint density at radius 3 is 2.59 bits per heavy atom. The maximum atomic E-state index is 13.3. The van der Waals surface area contributed by atoms with Gasteiger partial charge in [-0.1, -0.05) is 18.2 Å². The zero-order valence-corrected chi connectivity index (χ0v) is 19.5. The van der Waals surface area contributed by atoms with Gasteiger partial charge in [-0.3, -0.25) is 14.3 Å². The molecule has 0 spiro atoms. The van der Waals surface area contributed by atoms with Crippen molar-refractivity contribution in [3.05, 3.63) is 60.9 Å². The van der Waals surface area contributed by atoms with E-state index in [2.05, 4.69) is 25.0 Å². The summed E-state index contributed by atoms with van der Waals surface area (Å²) in [5.41, 5.74) is 1.83. The molecule has 1 aromatic carbocycles. The number of carbonyl (C=O) groups is 2. The minimum absolute atomic E-state index is 0.0140. The second-order valence-corrected chi connectivity index (χ2v) is 8.27. The molecule has 0 saturated heterocycles. The Hall–Kier alpha value is -3.82. The van der Waals surface area contributed by atoms with Crippen LogP contribution in [0.4, 0.5) is 11.6 Å². The average Bonchev–Trinajstić information content (AvgIpc) is 3.35. The van der Waals surface area contributed by atoms with Gasteiger partial charge < -0.3 is 14.7 Å². The minimum Gasteiger partial charge on any atom is -0.339 e. The van der Waals surface area contributed by atoms with Crippen molar-refractivity contribution in [1.82, 2.24) is 29.6 Å². The van der Waals surface area contributed by atoms with Gasteiger partial charge in [-0.25, -0.2) is 15.0 Å². The van der Waals surface area contributed by atoms with Crippen LogP contribution in [0.2, 0.25) is 0 Å². The third kappa shape index (κ3) is 5.94. The maximum Gasteiger partial charge on any atom is 0.225 e. The van der Waals surface area contributed by atoms with Crippen LogP contribution in [0.1, 0.15) is 31.7 Å². The summed E-state index contributed by atoms with van der Waals surface area (Å²) < 4.78 is 1.73. The quantitative estimate of drug-likeness (QED) is 0.573. The molecule has 10 heteroatoms. The van der Waals surface area contributed by atoms with E-state index in [1.54, 1.807) is 41.3 Å². The number of amides is 2. The highest BCUT2D eigenvalue weighted by molar-refractivity contribution is 5.92. The van der Waals surface area contributed by atoms with Crippen LogP contribution < -0.4 is 9.80 Å². The van der Waals surface area contributed by atoms with Crippen LogP contribution >= 0.6 is 0 Å². The highest BCUT2D eigenvalue weighted by Gasteiger charge is 2.22. The summed E-state index contributed by atoms with van der Waals surface area (Å²) in [6.07, 6.45) is 8.43. The number of carbonyl (C=O) groups excluding carboxylic acids is 2. The molecule has 4 rings (SSSR count). The number of benzene rings is 1. The Morgan fingerprint density at radius 1 is 1.00 bits per heavy atom. The summed E-state index contributed by atoms with van der Waals surface area (Å²) in [5.74, 6) is 0.685. The lowest BCUT2D eigenvalue weighted by Crippen LogP contribution is -2.39. The maximum absolute atomic E-state index is 13.3. The molecular weight excluding hydrogens is 432 g/mol. The van der Waals surface area contributed by atoms with Crippen LogP contribution in [0.15, 0.2) is 55.4 Å². The third-order valence-electron chi connectivity index (χ3n) is 5.91. The predicted molar refractivity (Wildman–Crippen MR) is 128 cm³/mol. The molecule has 2 aromatic heterocycles. The topological polar surface area (TPSA) is 100 Å². The van der Waals surface area contributed by atoms with Crippen molar-refractivity contribution in [2.75, 3.05) is 36.0 Å². The molecule has 0 radical (unpaired) electrons. The zero-order valence-electron chi connectivity index (χ0n) is 19.5. The summed E-state index contributed by atoms with van der Waals surface area (Å²) in [7, 11) is 0. The second-order valence-electron chi connectivity index (χ2n) is 8.27. The van der Waals surface area contributed by atoms with Crippen molar-refractivity contribution >= 4 is 23.5 Å². The largest absolute Gasteiger partial charge is 0.339 e. The number of fused-ring (bicyclic) bond motifs is 1. The smallest absolute Gasteiger partial charge is 0.225 e. The van der Waals surface area contributed by atoms with Crippen LogP contribution in [-0.2, 0) is 22.7 Å². The number of aryl methyl sites for hydroxylation is 1. The number of para-hydroxylation sites is 1. The standard InChI is InChI=1S/C24H30N8O2/c1-20(33)32-14-6-12-29(24-26-10-5-11-27-24)15-16-30(17-21-7-2-3-8-22(21)32)23(34)9-4-13-31-19-25-18-28-31/h2-3,5,7-8,10-11,18-19H,4,6,9,12-17H2,1H3. The molecular formula is C24H30N8O2. The highest BCUT2D eigenvalue weighted by atomic mass is 16.2. The van der Waals surface area contributed by atoms with E-state index in [0.717, 1.165) is 17.7 Å². The molecule has 34 heavy (non-hydrogen) atoms. The lowest BCUT2D eigenvalue weighted by molar-refractivity contribution is -0.131. The van der Waals surface area contributed by atoms with Crippen molar-refractivity contribution in [2.24, 2.45) is 0 Å². The Morgan fingerprint density at radius 2 is 1.82 bits per heavy atom. The van der Waals surface area contributed by atoms with Crippen LogP contribution in [0, 0.1) is 0 Å². The Balaban J connectivity index is 1.56. The van der Waals surface area contributed by atoms with E-state index < -0.39 is 0 Å². The van der Waals surface area contributed by atoms with Gasteiger partial charge in [0.15, 0.2) is 0 Å². The van der Waals surface area contributed by atoms with Crippen molar-refractivity contribution < 1.29 is 9.59 Å². The van der Waals surface area contributed by atoms with E-state index in [4.69, 9.17) is 0 Å². The summed E-state index contributed by atoms with van der Waals surface area (Å²) in [4.78, 5) is 44.4. The van der Waals surface area contributed by atoms with Gasteiger partial charge in [-0.2, -0.15) is 5.10 Å². The molecule has 1 aliphatic rings. The minimum atomic E-state index is -0.0140. The van der Waals surface area contributed by atoms with E-state index >= 15 is 0 Å². The fraction of sp³-hybridized carbons (Fsp3) is 0.417. The molecule has 0 fully saturated rings. The van der Waals surface area contributed by atoms with Crippen molar-refractivity contribution in [1.29, 1.82) is 0 Å². The number of aromatic nitrogens is 5.